The topological polar surface area (TPSA) is 51.4 Å². The van der Waals surface area contributed by atoms with Crippen LogP contribution < -0.4 is 10.5 Å². The van der Waals surface area contributed by atoms with Crippen LogP contribution in [0.25, 0.3) is 0 Å². The largest absolute Gasteiger partial charge is 0.496 e. The van der Waals surface area contributed by atoms with Crippen molar-refractivity contribution < 1.29 is 4.74 Å². The highest BCUT2D eigenvalue weighted by atomic mass is 16.5. The monoisotopic (exact) mass is 285 g/mol. The Hall–Kier alpha value is -1.91. The van der Waals surface area contributed by atoms with Crippen LogP contribution in [0.15, 0.2) is 36.4 Å². The number of nitrogens with zero attached hydrogens (tertiary/aromatic N) is 2. The second-order valence-electron chi connectivity index (χ2n) is 5.29. The third-order valence-corrected chi connectivity index (χ3v) is 3.40. The number of hydrogen-bond donors (Lipinski definition) is 1. The molecule has 0 aliphatic carbocycles. The summed E-state index contributed by atoms with van der Waals surface area (Å²) in [6, 6.07) is 12.3. The van der Waals surface area contributed by atoms with Gasteiger partial charge in [-0.1, -0.05) is 18.2 Å². The Labute approximate surface area is 126 Å². The third kappa shape index (κ3) is 4.28. The van der Waals surface area contributed by atoms with Crippen LogP contribution in [-0.4, -0.2) is 24.0 Å². The van der Waals surface area contributed by atoms with Crippen molar-refractivity contribution in [2.24, 2.45) is 5.73 Å². The molecule has 1 heterocycles. The smallest absolute Gasteiger partial charge is 0.123 e. The lowest BCUT2D eigenvalue weighted by atomic mass is 10.1. The van der Waals surface area contributed by atoms with Crippen molar-refractivity contribution in [1.82, 2.24) is 9.88 Å². The van der Waals surface area contributed by atoms with Gasteiger partial charge in [0.2, 0.25) is 0 Å². The van der Waals surface area contributed by atoms with Crippen LogP contribution in [0.1, 0.15) is 22.5 Å². The van der Waals surface area contributed by atoms with Crippen LogP contribution in [0.5, 0.6) is 5.75 Å². The predicted molar refractivity (Wildman–Crippen MR) is 85.0 cm³/mol. The first-order valence-electron chi connectivity index (χ1n) is 7.09. The molecule has 0 saturated carbocycles. The number of benzene rings is 1. The number of aromatic nitrogens is 1. The van der Waals surface area contributed by atoms with Crippen LogP contribution in [0.4, 0.5) is 0 Å². The van der Waals surface area contributed by atoms with Crippen LogP contribution in [0, 0.1) is 6.92 Å². The van der Waals surface area contributed by atoms with E-state index >= 15 is 0 Å². The van der Waals surface area contributed by atoms with Crippen molar-refractivity contribution in [2.45, 2.75) is 26.6 Å². The van der Waals surface area contributed by atoms with E-state index in [1.165, 1.54) is 5.56 Å². The zero-order chi connectivity index (χ0) is 15.2. The summed E-state index contributed by atoms with van der Waals surface area (Å²) < 4.78 is 5.38. The lowest BCUT2D eigenvalue weighted by molar-refractivity contribution is 0.314. The first-order valence-corrected chi connectivity index (χ1v) is 7.09. The molecule has 112 valence electrons. The van der Waals surface area contributed by atoms with Crippen molar-refractivity contribution in [1.29, 1.82) is 0 Å². The summed E-state index contributed by atoms with van der Waals surface area (Å²) in [5.74, 6) is 0.858. The highest BCUT2D eigenvalue weighted by Crippen LogP contribution is 2.20. The maximum absolute atomic E-state index is 5.70. The lowest BCUT2D eigenvalue weighted by Gasteiger charge is -2.17. The minimum Gasteiger partial charge on any atom is -0.496 e. The van der Waals surface area contributed by atoms with Crippen LogP contribution in [0.2, 0.25) is 0 Å². The summed E-state index contributed by atoms with van der Waals surface area (Å²) in [5, 5.41) is 0. The molecule has 4 heteroatoms. The maximum atomic E-state index is 5.70. The zero-order valence-corrected chi connectivity index (χ0v) is 13.0. The Morgan fingerprint density at radius 3 is 2.67 bits per heavy atom. The molecular weight excluding hydrogens is 262 g/mol. The lowest BCUT2D eigenvalue weighted by Crippen LogP contribution is -2.18. The Balaban J connectivity index is 2.04. The fraction of sp³-hybridized carbons (Fsp3) is 0.353. The van der Waals surface area contributed by atoms with Gasteiger partial charge < -0.3 is 10.5 Å². The Bertz CT molecular complexity index is 598. The molecule has 0 spiro atoms. The van der Waals surface area contributed by atoms with Crippen LogP contribution in [0.3, 0.4) is 0 Å². The molecule has 2 aromatic rings. The Kier molecular flexibility index (Phi) is 5.31. The van der Waals surface area contributed by atoms with Gasteiger partial charge in [-0.15, -0.1) is 0 Å². The standard InChI is InChI=1S/C17H23N3O/c1-13-5-4-6-16(19-13)12-20(2)11-14-7-8-15(10-18)17(9-14)21-3/h4-9H,10-12,18H2,1-3H3. The number of pyridine rings is 1. The van der Waals surface area contributed by atoms with Crippen molar-refractivity contribution >= 4 is 0 Å². The molecule has 0 atom stereocenters. The molecule has 0 radical (unpaired) electrons. The molecule has 0 aliphatic heterocycles. The quantitative estimate of drug-likeness (QED) is 0.886. The normalized spacial score (nSPS) is 10.9. The van der Waals surface area contributed by atoms with E-state index in [0.29, 0.717) is 6.54 Å². The maximum Gasteiger partial charge on any atom is 0.123 e. The molecule has 4 nitrogen and oxygen atoms in total. The van der Waals surface area contributed by atoms with E-state index in [9.17, 15) is 0 Å². The molecular formula is C17H23N3O. The average Bonchev–Trinajstić information content (AvgIpc) is 2.47. The third-order valence-electron chi connectivity index (χ3n) is 3.40. The molecule has 2 rings (SSSR count). The summed E-state index contributed by atoms with van der Waals surface area (Å²) in [7, 11) is 3.77. The summed E-state index contributed by atoms with van der Waals surface area (Å²) in [5.41, 5.74) is 10.1. The summed E-state index contributed by atoms with van der Waals surface area (Å²) in [4.78, 5) is 6.77. The summed E-state index contributed by atoms with van der Waals surface area (Å²) in [6.07, 6.45) is 0. The fourth-order valence-electron chi connectivity index (χ4n) is 2.39. The van der Waals surface area contributed by atoms with Gasteiger partial charge in [0, 0.05) is 30.9 Å². The van der Waals surface area contributed by atoms with E-state index in [1.54, 1.807) is 7.11 Å². The average molecular weight is 285 g/mol. The molecule has 0 saturated heterocycles. The second kappa shape index (κ2) is 7.20. The van der Waals surface area contributed by atoms with Gasteiger partial charge in [-0.2, -0.15) is 0 Å². The van der Waals surface area contributed by atoms with Gasteiger partial charge in [0.1, 0.15) is 5.75 Å². The number of ether oxygens (including phenoxy) is 1. The molecule has 0 bridgehead atoms. The fourth-order valence-corrected chi connectivity index (χ4v) is 2.39. The van der Waals surface area contributed by atoms with Crippen LogP contribution >= 0.6 is 0 Å². The molecule has 0 amide bonds. The molecule has 2 N–H and O–H groups in total. The Morgan fingerprint density at radius 2 is 2.00 bits per heavy atom. The van der Waals surface area contributed by atoms with E-state index in [4.69, 9.17) is 10.5 Å². The molecule has 0 unspecified atom stereocenters. The number of methoxy groups -OCH3 is 1. The first-order chi connectivity index (χ1) is 10.1. The van der Waals surface area contributed by atoms with Crippen molar-refractivity contribution in [2.75, 3.05) is 14.2 Å². The van der Waals surface area contributed by atoms with E-state index < -0.39 is 0 Å². The number of rotatable bonds is 6. The van der Waals surface area contributed by atoms with Gasteiger partial charge in [-0.25, -0.2) is 0 Å². The van der Waals surface area contributed by atoms with Gasteiger partial charge in [-0.3, -0.25) is 9.88 Å². The summed E-state index contributed by atoms with van der Waals surface area (Å²) in [6.45, 7) is 4.17. The number of nitrogens with two attached hydrogens (primary N) is 1. The highest BCUT2D eigenvalue weighted by Gasteiger charge is 2.07. The minimum absolute atomic E-state index is 0.493. The summed E-state index contributed by atoms with van der Waals surface area (Å²) >= 11 is 0. The molecule has 0 aliphatic rings. The van der Waals surface area contributed by atoms with Crippen molar-refractivity contribution in [3.8, 4) is 5.75 Å². The van der Waals surface area contributed by atoms with E-state index in [1.807, 2.05) is 25.1 Å². The highest BCUT2D eigenvalue weighted by molar-refractivity contribution is 5.37. The molecule has 21 heavy (non-hydrogen) atoms. The van der Waals surface area contributed by atoms with E-state index in [-0.39, 0.29) is 0 Å². The Morgan fingerprint density at radius 1 is 1.19 bits per heavy atom. The van der Waals surface area contributed by atoms with Gasteiger partial charge in [-0.05, 0) is 37.7 Å². The molecule has 1 aromatic heterocycles. The van der Waals surface area contributed by atoms with Crippen molar-refractivity contribution in [3.63, 3.8) is 0 Å². The number of aryl methyl sites for hydroxylation is 1. The predicted octanol–water partition coefficient (Wildman–Crippen LogP) is 2.49. The molecule has 0 fully saturated rings. The van der Waals surface area contributed by atoms with Gasteiger partial charge in [0.15, 0.2) is 0 Å². The van der Waals surface area contributed by atoms with Crippen LogP contribution in [-0.2, 0) is 19.6 Å². The van der Waals surface area contributed by atoms with E-state index in [0.717, 1.165) is 35.8 Å². The SMILES string of the molecule is COc1cc(CN(C)Cc2cccc(C)n2)ccc1CN. The van der Waals surface area contributed by atoms with Gasteiger partial charge >= 0.3 is 0 Å². The minimum atomic E-state index is 0.493. The van der Waals surface area contributed by atoms with Crippen molar-refractivity contribution in [3.05, 3.63) is 58.9 Å². The second-order valence-corrected chi connectivity index (χ2v) is 5.29. The van der Waals surface area contributed by atoms with Gasteiger partial charge in [0.05, 0.1) is 12.8 Å². The first kappa shape index (κ1) is 15.5. The zero-order valence-electron chi connectivity index (χ0n) is 13.0. The van der Waals surface area contributed by atoms with E-state index in [2.05, 4.69) is 35.1 Å². The number of hydrogen-bond acceptors (Lipinski definition) is 4. The van der Waals surface area contributed by atoms with Gasteiger partial charge in [0.25, 0.3) is 0 Å². The molecule has 1 aromatic carbocycles.